The third-order valence-corrected chi connectivity index (χ3v) is 8.64. The molecule has 9 nitrogen and oxygen atoms in total. The average molecular weight is 681 g/mol. The van der Waals surface area contributed by atoms with E-state index in [0.717, 1.165) is 17.4 Å². The molecule has 3 aromatic carbocycles. The Labute approximate surface area is 275 Å². The van der Waals surface area contributed by atoms with Gasteiger partial charge in [-0.3, -0.25) is 14.6 Å². The number of aromatic nitrogens is 2. The van der Waals surface area contributed by atoms with E-state index in [1.54, 1.807) is 68.0 Å². The summed E-state index contributed by atoms with van der Waals surface area (Å²) in [7, 11) is 2.75. The van der Waals surface area contributed by atoms with Gasteiger partial charge in [0.2, 0.25) is 0 Å². The van der Waals surface area contributed by atoms with E-state index in [1.165, 1.54) is 4.57 Å². The monoisotopic (exact) mass is 680 g/mol. The Hall–Kier alpha value is -5.37. The number of rotatable bonds is 7. The molecule has 1 N–H and O–H groups in total. The van der Waals surface area contributed by atoms with Gasteiger partial charge in [0.1, 0.15) is 29.3 Å². The van der Waals surface area contributed by atoms with E-state index in [4.69, 9.17) is 9.47 Å². The summed E-state index contributed by atoms with van der Waals surface area (Å²) in [6.45, 7) is -1.09. The number of esters is 1. The second-order valence-corrected chi connectivity index (χ2v) is 11.5. The summed E-state index contributed by atoms with van der Waals surface area (Å²) in [6, 6.07) is 11.7. The van der Waals surface area contributed by atoms with Crippen molar-refractivity contribution in [3.63, 3.8) is 0 Å². The molecule has 49 heavy (non-hydrogen) atoms. The lowest BCUT2D eigenvalue weighted by Crippen LogP contribution is -2.53. The summed E-state index contributed by atoms with van der Waals surface area (Å²) < 4.78 is 82.6. The zero-order chi connectivity index (χ0) is 35.0. The minimum absolute atomic E-state index is 0.0923. The maximum atomic E-state index is 15.3. The molecule has 1 fully saturated rings. The highest BCUT2D eigenvalue weighted by Gasteiger charge is 2.46. The number of pyridine rings is 2. The van der Waals surface area contributed by atoms with Gasteiger partial charge in [0.05, 0.1) is 25.8 Å². The Bertz CT molecular complexity index is 2130. The number of fused-ring (bicyclic) bond motifs is 2. The van der Waals surface area contributed by atoms with Crippen molar-refractivity contribution in [2.45, 2.75) is 24.7 Å². The summed E-state index contributed by atoms with van der Waals surface area (Å²) in [5.74, 6) is -5.03. The maximum Gasteiger partial charge on any atom is 0.411 e. The van der Waals surface area contributed by atoms with Crippen molar-refractivity contribution in [2.24, 2.45) is 7.05 Å². The number of aryl methyl sites for hydroxylation is 1. The first-order valence-corrected chi connectivity index (χ1v) is 15.1. The van der Waals surface area contributed by atoms with Gasteiger partial charge in [-0.1, -0.05) is 36.4 Å². The molecule has 1 aliphatic rings. The van der Waals surface area contributed by atoms with Gasteiger partial charge in [-0.25, -0.2) is 13.6 Å². The molecule has 2 aromatic heterocycles. The fraction of sp³-hybridized carbons (Fsp3) is 0.257. The number of carbonyl (C=O) groups is 2. The van der Waals surface area contributed by atoms with Gasteiger partial charge in [-0.05, 0) is 46.2 Å². The fourth-order valence-electron chi connectivity index (χ4n) is 6.20. The summed E-state index contributed by atoms with van der Waals surface area (Å²) in [4.78, 5) is 44.5. The summed E-state index contributed by atoms with van der Waals surface area (Å²) >= 11 is 0. The summed E-state index contributed by atoms with van der Waals surface area (Å²) in [6.07, 6.45) is -1.65. The SMILES string of the molecule is COC(=O)[C@H](Cc1ccc(-c2cc3cnccc3n(C)c2=O)c2ccccc12)NC(=O)c1c(F)cc(N2CCOC[C@@H]2C(F)(F)F)cc1F. The van der Waals surface area contributed by atoms with Crippen molar-refractivity contribution < 1.29 is 41.0 Å². The van der Waals surface area contributed by atoms with Crippen LogP contribution in [0.4, 0.5) is 27.6 Å². The molecule has 0 unspecified atom stereocenters. The van der Waals surface area contributed by atoms with Crippen LogP contribution >= 0.6 is 0 Å². The van der Waals surface area contributed by atoms with Crippen molar-refractivity contribution >= 4 is 39.2 Å². The molecule has 14 heteroatoms. The second kappa shape index (κ2) is 13.3. The predicted octanol–water partition coefficient (Wildman–Crippen LogP) is 5.31. The maximum absolute atomic E-state index is 15.3. The van der Waals surface area contributed by atoms with E-state index >= 15 is 8.78 Å². The Morgan fingerprint density at radius 2 is 1.76 bits per heavy atom. The zero-order valence-corrected chi connectivity index (χ0v) is 26.2. The van der Waals surface area contributed by atoms with Crippen LogP contribution in [0.15, 0.2) is 77.9 Å². The first kappa shape index (κ1) is 33.5. The van der Waals surface area contributed by atoms with Gasteiger partial charge in [0, 0.05) is 49.0 Å². The number of halogens is 5. The Morgan fingerprint density at radius 3 is 2.45 bits per heavy atom. The number of ether oxygens (including phenoxy) is 2. The van der Waals surface area contributed by atoms with Crippen LogP contribution in [-0.2, 0) is 27.7 Å². The molecule has 1 aliphatic heterocycles. The first-order chi connectivity index (χ1) is 23.4. The van der Waals surface area contributed by atoms with Crippen molar-refractivity contribution in [1.82, 2.24) is 14.9 Å². The summed E-state index contributed by atoms with van der Waals surface area (Å²) in [5, 5.41) is 4.39. The highest BCUT2D eigenvalue weighted by Crippen LogP contribution is 2.34. The number of amides is 1. The van der Waals surface area contributed by atoms with Crippen LogP contribution in [0.1, 0.15) is 15.9 Å². The standard InChI is InChI=1S/C35H29F5N4O5/c1-43-29-9-10-41-17-20(29)13-25(33(43)46)24-8-7-19(22-5-3-4-6-23(22)24)14-28(34(47)48-2)42-32(45)31-26(36)15-21(16-27(31)37)44-11-12-49-18-30(44)35(38,39)40/h3-10,13,15-17,28,30H,11-12,14,18H2,1-2H3,(H,42,45)/t28-,30+/m0/s1. The molecule has 6 rings (SSSR count). The number of hydrogen-bond donors (Lipinski definition) is 1. The highest BCUT2D eigenvalue weighted by molar-refractivity contribution is 6.01. The van der Waals surface area contributed by atoms with Crippen LogP contribution < -0.4 is 15.8 Å². The van der Waals surface area contributed by atoms with E-state index in [0.29, 0.717) is 45.1 Å². The molecule has 0 aliphatic carbocycles. The van der Waals surface area contributed by atoms with Crippen LogP contribution in [0.25, 0.3) is 32.8 Å². The minimum Gasteiger partial charge on any atom is -0.467 e. The molecule has 0 spiro atoms. The van der Waals surface area contributed by atoms with E-state index in [2.05, 4.69) is 10.3 Å². The number of morpholine rings is 1. The lowest BCUT2D eigenvalue weighted by Gasteiger charge is -2.38. The number of anilines is 1. The van der Waals surface area contributed by atoms with Gasteiger partial charge in [0.25, 0.3) is 11.5 Å². The molecule has 254 valence electrons. The topological polar surface area (TPSA) is 103 Å². The van der Waals surface area contributed by atoms with E-state index in [9.17, 15) is 27.6 Å². The minimum atomic E-state index is -4.73. The number of nitrogens with one attached hydrogen (secondary N) is 1. The van der Waals surface area contributed by atoms with Crippen LogP contribution in [0.2, 0.25) is 0 Å². The largest absolute Gasteiger partial charge is 0.467 e. The smallest absolute Gasteiger partial charge is 0.411 e. The third-order valence-electron chi connectivity index (χ3n) is 8.64. The first-order valence-electron chi connectivity index (χ1n) is 15.1. The quantitative estimate of drug-likeness (QED) is 0.184. The predicted molar refractivity (Wildman–Crippen MR) is 171 cm³/mol. The third kappa shape index (κ3) is 6.43. The molecule has 1 saturated heterocycles. The molecular weight excluding hydrogens is 651 g/mol. The molecule has 2 atom stereocenters. The molecule has 0 radical (unpaired) electrons. The second-order valence-electron chi connectivity index (χ2n) is 11.5. The molecule has 5 aromatic rings. The Kier molecular flexibility index (Phi) is 9.08. The van der Waals surface area contributed by atoms with Crippen molar-refractivity contribution in [3.05, 3.63) is 106 Å². The normalized spacial score (nSPS) is 15.7. The highest BCUT2D eigenvalue weighted by atomic mass is 19.4. The molecule has 3 heterocycles. The molecule has 1 amide bonds. The summed E-state index contributed by atoms with van der Waals surface area (Å²) in [5.41, 5.74) is 0.556. The van der Waals surface area contributed by atoms with E-state index in [1.807, 2.05) is 0 Å². The van der Waals surface area contributed by atoms with Crippen LogP contribution in [-0.4, -0.2) is 66.6 Å². The number of benzene rings is 3. The van der Waals surface area contributed by atoms with Crippen LogP contribution in [0.3, 0.4) is 0 Å². The van der Waals surface area contributed by atoms with Gasteiger partial charge >= 0.3 is 12.1 Å². The van der Waals surface area contributed by atoms with Crippen LogP contribution in [0.5, 0.6) is 0 Å². The van der Waals surface area contributed by atoms with Crippen molar-refractivity contribution in [3.8, 4) is 11.1 Å². The van der Waals surface area contributed by atoms with Crippen molar-refractivity contribution in [1.29, 1.82) is 0 Å². The number of hydrogen-bond acceptors (Lipinski definition) is 7. The Balaban J connectivity index is 1.32. The lowest BCUT2D eigenvalue weighted by atomic mass is 9.92. The average Bonchev–Trinajstić information content (AvgIpc) is 3.08. The molecule has 0 bridgehead atoms. The van der Waals surface area contributed by atoms with Crippen LogP contribution in [0, 0.1) is 11.6 Å². The molecule has 0 saturated carbocycles. The fourth-order valence-corrected chi connectivity index (χ4v) is 6.20. The lowest BCUT2D eigenvalue weighted by molar-refractivity contribution is -0.167. The Morgan fingerprint density at radius 1 is 1.04 bits per heavy atom. The van der Waals surface area contributed by atoms with Gasteiger partial charge in [-0.15, -0.1) is 0 Å². The van der Waals surface area contributed by atoms with Gasteiger partial charge in [-0.2, -0.15) is 13.2 Å². The number of nitrogens with zero attached hydrogens (tertiary/aromatic N) is 3. The zero-order valence-electron chi connectivity index (χ0n) is 26.2. The van der Waals surface area contributed by atoms with Gasteiger partial charge < -0.3 is 24.3 Å². The number of carbonyl (C=O) groups excluding carboxylic acids is 2. The van der Waals surface area contributed by atoms with Gasteiger partial charge in [0.15, 0.2) is 0 Å². The van der Waals surface area contributed by atoms with E-state index < -0.39 is 59.6 Å². The number of alkyl halides is 3. The number of methoxy groups -OCH3 is 1. The molecular formula is C35H29F5N4O5. The van der Waals surface area contributed by atoms with Crippen molar-refractivity contribution in [2.75, 3.05) is 31.8 Å². The van der Waals surface area contributed by atoms with E-state index in [-0.39, 0.29) is 25.1 Å².